The van der Waals surface area contributed by atoms with Gasteiger partial charge < -0.3 is 0 Å². The van der Waals surface area contributed by atoms with Crippen LogP contribution in [0.5, 0.6) is 0 Å². The van der Waals surface area contributed by atoms with Crippen LogP contribution < -0.4 is 0 Å². The average molecular weight is 262 g/mol. The predicted molar refractivity (Wildman–Crippen MR) is 66.6 cm³/mol. The molecule has 0 N–H and O–H groups in total. The number of benzene rings is 1. The van der Waals surface area contributed by atoms with Gasteiger partial charge in [-0.25, -0.2) is 18.7 Å². The number of rotatable bonds is 3. The molecular weight excluding hydrogens is 250 g/mol. The van der Waals surface area contributed by atoms with Gasteiger partial charge in [0.1, 0.15) is 18.0 Å². The van der Waals surface area contributed by atoms with E-state index in [-0.39, 0.29) is 5.56 Å². The number of aromatic nitrogens is 2. The highest BCUT2D eigenvalue weighted by Gasteiger charge is 2.21. The van der Waals surface area contributed by atoms with Crippen molar-refractivity contribution in [3.63, 3.8) is 0 Å². The number of carbonyl (C=O) groups excluding carboxylic acids is 1. The number of hydrogen-bond acceptors (Lipinski definition) is 3. The van der Waals surface area contributed by atoms with Gasteiger partial charge in [0.2, 0.25) is 0 Å². The van der Waals surface area contributed by atoms with Gasteiger partial charge in [-0.2, -0.15) is 0 Å². The molecule has 0 aliphatic heterocycles. The van der Waals surface area contributed by atoms with Crippen molar-refractivity contribution in [3.05, 3.63) is 47.9 Å². The van der Waals surface area contributed by atoms with Crippen molar-refractivity contribution in [2.75, 3.05) is 0 Å². The van der Waals surface area contributed by atoms with Crippen LogP contribution in [0.1, 0.15) is 24.2 Å². The van der Waals surface area contributed by atoms with Crippen LogP contribution in [0.15, 0.2) is 30.7 Å². The number of nitrogens with zero attached hydrogens (tertiary/aromatic N) is 2. The fourth-order valence-electron chi connectivity index (χ4n) is 1.71. The first-order valence-electron chi connectivity index (χ1n) is 5.80. The molecule has 0 fully saturated rings. The van der Waals surface area contributed by atoms with Gasteiger partial charge in [-0.15, -0.1) is 0 Å². The summed E-state index contributed by atoms with van der Waals surface area (Å²) in [6.45, 7) is 3.19. The Kier molecular flexibility index (Phi) is 3.64. The summed E-state index contributed by atoms with van der Waals surface area (Å²) in [4.78, 5) is 19.4. The highest BCUT2D eigenvalue weighted by Crippen LogP contribution is 2.24. The maximum Gasteiger partial charge on any atom is 0.171 e. The molecule has 0 spiro atoms. The Morgan fingerprint density at radius 2 is 1.84 bits per heavy atom. The van der Waals surface area contributed by atoms with Crippen LogP contribution in [-0.2, 0) is 0 Å². The van der Waals surface area contributed by atoms with Gasteiger partial charge in [-0.1, -0.05) is 13.8 Å². The molecule has 98 valence electrons. The second-order valence-electron chi connectivity index (χ2n) is 4.43. The molecule has 0 saturated heterocycles. The van der Waals surface area contributed by atoms with Crippen molar-refractivity contribution in [2.24, 2.45) is 5.92 Å². The fraction of sp³-hybridized carbons (Fsp3) is 0.214. The van der Waals surface area contributed by atoms with Gasteiger partial charge in [0, 0.05) is 17.7 Å². The van der Waals surface area contributed by atoms with E-state index >= 15 is 0 Å². The monoisotopic (exact) mass is 262 g/mol. The minimum Gasteiger partial charge on any atom is -0.294 e. The van der Waals surface area contributed by atoms with Gasteiger partial charge in [0.25, 0.3) is 0 Å². The van der Waals surface area contributed by atoms with Crippen molar-refractivity contribution < 1.29 is 13.6 Å². The molecule has 1 heterocycles. The Labute approximate surface area is 109 Å². The summed E-state index contributed by atoms with van der Waals surface area (Å²) in [5, 5.41) is 0. The zero-order chi connectivity index (χ0) is 14.0. The zero-order valence-electron chi connectivity index (χ0n) is 10.5. The molecule has 0 atom stereocenters. The number of carbonyl (C=O) groups is 1. The number of Topliss-reactive ketones (excluding diaryl/α,β-unsaturated/α-hetero) is 1. The lowest BCUT2D eigenvalue weighted by Gasteiger charge is -2.09. The molecule has 0 radical (unpaired) electrons. The molecule has 0 amide bonds. The Bertz CT molecular complexity index is 589. The molecule has 19 heavy (non-hydrogen) atoms. The molecule has 3 nitrogen and oxygen atoms in total. The third-order valence-electron chi connectivity index (χ3n) is 2.69. The molecular formula is C14H12F2N2O. The van der Waals surface area contributed by atoms with Gasteiger partial charge in [-0.3, -0.25) is 4.79 Å². The summed E-state index contributed by atoms with van der Waals surface area (Å²) in [5.74, 6) is -2.75. The van der Waals surface area contributed by atoms with Crippen LogP contribution >= 0.6 is 0 Å². The largest absolute Gasteiger partial charge is 0.294 e. The first-order valence-corrected chi connectivity index (χ1v) is 5.80. The van der Waals surface area contributed by atoms with E-state index in [1.807, 2.05) is 0 Å². The maximum absolute atomic E-state index is 13.9. The highest BCUT2D eigenvalue weighted by molar-refractivity contribution is 5.98. The fourth-order valence-corrected chi connectivity index (χ4v) is 1.71. The molecule has 2 rings (SSSR count). The van der Waals surface area contributed by atoms with Crippen LogP contribution in [0, 0.1) is 17.6 Å². The van der Waals surface area contributed by atoms with E-state index in [1.54, 1.807) is 13.8 Å². The summed E-state index contributed by atoms with van der Waals surface area (Å²) >= 11 is 0. The highest BCUT2D eigenvalue weighted by atomic mass is 19.1. The van der Waals surface area contributed by atoms with Crippen molar-refractivity contribution in [3.8, 4) is 11.3 Å². The summed E-state index contributed by atoms with van der Waals surface area (Å²) in [6, 6.07) is 3.76. The molecule has 0 aliphatic carbocycles. The van der Waals surface area contributed by atoms with Crippen LogP contribution in [0.3, 0.4) is 0 Å². The van der Waals surface area contributed by atoms with Crippen molar-refractivity contribution >= 4 is 5.78 Å². The Morgan fingerprint density at radius 1 is 1.21 bits per heavy atom. The minimum atomic E-state index is -0.868. The van der Waals surface area contributed by atoms with Crippen molar-refractivity contribution in [1.82, 2.24) is 9.97 Å². The van der Waals surface area contributed by atoms with Crippen LogP contribution in [0.4, 0.5) is 8.78 Å². The van der Waals surface area contributed by atoms with Gasteiger partial charge in [0.05, 0.1) is 11.3 Å². The Balaban J connectivity index is 2.52. The summed E-state index contributed by atoms with van der Waals surface area (Å²) in [6.07, 6.45) is 2.77. The normalized spacial score (nSPS) is 10.8. The lowest BCUT2D eigenvalue weighted by atomic mass is 9.98. The molecule has 0 unspecified atom stereocenters. The van der Waals surface area contributed by atoms with Crippen molar-refractivity contribution in [2.45, 2.75) is 13.8 Å². The number of ketones is 1. The second kappa shape index (κ2) is 5.22. The van der Waals surface area contributed by atoms with Gasteiger partial charge in [0.15, 0.2) is 5.78 Å². The van der Waals surface area contributed by atoms with E-state index < -0.39 is 28.9 Å². The summed E-state index contributed by atoms with van der Waals surface area (Å²) in [7, 11) is 0. The molecule has 0 bridgehead atoms. The van der Waals surface area contributed by atoms with E-state index in [9.17, 15) is 13.6 Å². The predicted octanol–water partition coefficient (Wildman–Crippen LogP) is 3.26. The Morgan fingerprint density at radius 3 is 2.32 bits per heavy atom. The lowest BCUT2D eigenvalue weighted by Crippen LogP contribution is -2.12. The van der Waals surface area contributed by atoms with E-state index in [2.05, 4.69) is 9.97 Å². The van der Waals surface area contributed by atoms with Crippen LogP contribution in [0.2, 0.25) is 0 Å². The van der Waals surface area contributed by atoms with E-state index in [0.717, 1.165) is 12.1 Å². The quantitative estimate of drug-likeness (QED) is 0.797. The minimum absolute atomic E-state index is 0.276. The molecule has 5 heteroatoms. The van der Waals surface area contributed by atoms with Crippen LogP contribution in [-0.4, -0.2) is 15.8 Å². The van der Waals surface area contributed by atoms with Gasteiger partial charge >= 0.3 is 0 Å². The van der Waals surface area contributed by atoms with Crippen molar-refractivity contribution in [1.29, 1.82) is 0 Å². The van der Waals surface area contributed by atoms with Crippen LogP contribution in [0.25, 0.3) is 11.3 Å². The number of hydrogen-bond donors (Lipinski definition) is 0. The number of halogens is 2. The molecule has 1 aromatic carbocycles. The summed E-state index contributed by atoms with van der Waals surface area (Å²) in [5.41, 5.74) is 0.182. The third-order valence-corrected chi connectivity index (χ3v) is 2.69. The van der Waals surface area contributed by atoms with E-state index in [1.165, 1.54) is 18.6 Å². The third kappa shape index (κ3) is 2.65. The van der Waals surface area contributed by atoms with E-state index in [4.69, 9.17) is 0 Å². The topological polar surface area (TPSA) is 42.9 Å². The molecule has 0 aliphatic rings. The lowest BCUT2D eigenvalue weighted by molar-refractivity contribution is 0.0931. The summed E-state index contributed by atoms with van der Waals surface area (Å²) < 4.78 is 27.8. The van der Waals surface area contributed by atoms with E-state index in [0.29, 0.717) is 5.69 Å². The Hall–Kier alpha value is -2.17. The SMILES string of the molecule is CC(C)C(=O)c1c(F)cc(-c2ccncn2)cc1F. The first-order chi connectivity index (χ1) is 9.00. The molecule has 1 aromatic heterocycles. The average Bonchev–Trinajstić information content (AvgIpc) is 2.38. The maximum atomic E-state index is 13.9. The first kappa shape index (κ1) is 13.3. The standard InChI is InChI=1S/C14H12F2N2O/c1-8(2)14(19)13-10(15)5-9(6-11(13)16)12-3-4-17-7-18-12/h3-8H,1-2H3. The van der Waals surface area contributed by atoms with Gasteiger partial charge in [-0.05, 0) is 18.2 Å². The molecule has 2 aromatic rings. The smallest absolute Gasteiger partial charge is 0.171 e. The zero-order valence-corrected chi connectivity index (χ0v) is 10.5. The molecule has 0 saturated carbocycles. The second-order valence-corrected chi connectivity index (χ2v) is 4.43.